The number of rotatable bonds is 3. The molecule has 0 radical (unpaired) electrons. The summed E-state index contributed by atoms with van der Waals surface area (Å²) in [6.45, 7) is 2.19. The molecule has 5 unspecified atom stereocenters. The molecule has 2 aliphatic rings. The Bertz CT molecular complexity index is 286. The van der Waals surface area contributed by atoms with Gasteiger partial charge in [-0.15, -0.1) is 0 Å². The number of methoxy groups -OCH3 is 1. The first-order chi connectivity index (χ1) is 8.58. The second-order valence-corrected chi connectivity index (χ2v) is 6.15. The van der Waals surface area contributed by atoms with Crippen molar-refractivity contribution >= 4 is 5.91 Å². The van der Waals surface area contributed by atoms with Gasteiger partial charge in [0.25, 0.3) is 0 Å². The van der Waals surface area contributed by atoms with Gasteiger partial charge in [-0.2, -0.15) is 0 Å². The first-order valence-corrected chi connectivity index (χ1v) is 7.17. The molecule has 0 bridgehead atoms. The van der Waals surface area contributed by atoms with E-state index in [1.165, 1.54) is 0 Å². The van der Waals surface area contributed by atoms with Gasteiger partial charge in [0.05, 0.1) is 6.10 Å². The monoisotopic (exact) mass is 254 g/mol. The highest BCUT2D eigenvalue weighted by atomic mass is 16.5. The molecule has 18 heavy (non-hydrogen) atoms. The highest BCUT2D eigenvalue weighted by Crippen LogP contribution is 2.29. The number of carbonyl (C=O) groups excluding carboxylic acids is 1. The second kappa shape index (κ2) is 6.02. The van der Waals surface area contributed by atoms with Crippen LogP contribution in [0.4, 0.5) is 0 Å². The molecule has 2 saturated carbocycles. The maximum atomic E-state index is 12.2. The van der Waals surface area contributed by atoms with Crippen molar-refractivity contribution in [3.05, 3.63) is 0 Å². The Morgan fingerprint density at radius 2 is 2.00 bits per heavy atom. The lowest BCUT2D eigenvalue weighted by Crippen LogP contribution is -2.43. The molecule has 2 fully saturated rings. The van der Waals surface area contributed by atoms with Crippen molar-refractivity contribution in [1.29, 1.82) is 0 Å². The van der Waals surface area contributed by atoms with Gasteiger partial charge >= 0.3 is 0 Å². The largest absolute Gasteiger partial charge is 0.381 e. The van der Waals surface area contributed by atoms with E-state index >= 15 is 0 Å². The molecule has 0 saturated heterocycles. The standard InChI is InChI=1S/C14H26N2O2/c1-9-5-10(7-11(15)6-9)14(17)16-12-3-4-13(8-12)18-2/h9-13H,3-8,15H2,1-2H3,(H,16,17). The number of ether oxygens (including phenoxy) is 1. The molecule has 3 N–H and O–H groups in total. The minimum atomic E-state index is 0.116. The molecule has 104 valence electrons. The van der Waals surface area contributed by atoms with Crippen LogP contribution in [0.1, 0.15) is 45.4 Å². The van der Waals surface area contributed by atoms with E-state index in [0.717, 1.165) is 38.5 Å². The summed E-state index contributed by atoms with van der Waals surface area (Å²) >= 11 is 0. The zero-order valence-electron chi connectivity index (χ0n) is 11.5. The molecule has 4 heteroatoms. The fraction of sp³-hybridized carbons (Fsp3) is 0.929. The van der Waals surface area contributed by atoms with Crippen molar-refractivity contribution in [3.8, 4) is 0 Å². The number of amides is 1. The minimum Gasteiger partial charge on any atom is -0.381 e. The van der Waals surface area contributed by atoms with Crippen molar-refractivity contribution in [2.24, 2.45) is 17.6 Å². The number of hydrogen-bond acceptors (Lipinski definition) is 3. The van der Waals surface area contributed by atoms with Crippen LogP contribution in [0.3, 0.4) is 0 Å². The lowest BCUT2D eigenvalue weighted by Gasteiger charge is -2.31. The Labute approximate surface area is 110 Å². The minimum absolute atomic E-state index is 0.116. The smallest absolute Gasteiger partial charge is 0.223 e. The van der Waals surface area contributed by atoms with Crippen LogP contribution in [0.25, 0.3) is 0 Å². The summed E-state index contributed by atoms with van der Waals surface area (Å²) in [5.74, 6) is 0.892. The first kappa shape index (κ1) is 13.8. The summed E-state index contributed by atoms with van der Waals surface area (Å²) in [5.41, 5.74) is 6.01. The van der Waals surface area contributed by atoms with E-state index in [1.54, 1.807) is 7.11 Å². The van der Waals surface area contributed by atoms with Gasteiger partial charge in [-0.25, -0.2) is 0 Å². The highest BCUT2D eigenvalue weighted by Gasteiger charge is 2.32. The third kappa shape index (κ3) is 3.45. The summed E-state index contributed by atoms with van der Waals surface area (Å²) in [6, 6.07) is 0.496. The molecule has 1 amide bonds. The topological polar surface area (TPSA) is 64.3 Å². The van der Waals surface area contributed by atoms with Crippen LogP contribution in [0.5, 0.6) is 0 Å². The lowest BCUT2D eigenvalue weighted by atomic mass is 9.79. The molecule has 0 aromatic rings. The zero-order valence-corrected chi connectivity index (χ0v) is 11.5. The van der Waals surface area contributed by atoms with E-state index < -0.39 is 0 Å². The van der Waals surface area contributed by atoms with Crippen molar-refractivity contribution < 1.29 is 9.53 Å². The third-order valence-corrected chi connectivity index (χ3v) is 4.41. The van der Waals surface area contributed by atoms with Gasteiger partial charge in [-0.1, -0.05) is 6.92 Å². The third-order valence-electron chi connectivity index (χ3n) is 4.41. The number of nitrogens with one attached hydrogen (secondary N) is 1. The van der Waals surface area contributed by atoms with Gasteiger partial charge in [-0.3, -0.25) is 4.79 Å². The average Bonchev–Trinajstić information content (AvgIpc) is 2.75. The summed E-state index contributed by atoms with van der Waals surface area (Å²) < 4.78 is 5.33. The van der Waals surface area contributed by atoms with Gasteiger partial charge in [0.15, 0.2) is 0 Å². The van der Waals surface area contributed by atoms with Gasteiger partial charge in [0.1, 0.15) is 0 Å². The fourth-order valence-corrected chi connectivity index (χ4v) is 3.48. The number of nitrogens with two attached hydrogens (primary N) is 1. The van der Waals surface area contributed by atoms with Gasteiger partial charge < -0.3 is 15.8 Å². The molecule has 4 nitrogen and oxygen atoms in total. The predicted molar refractivity (Wildman–Crippen MR) is 71.1 cm³/mol. The van der Waals surface area contributed by atoms with Crippen LogP contribution in [0, 0.1) is 11.8 Å². The first-order valence-electron chi connectivity index (χ1n) is 7.17. The number of carbonyl (C=O) groups is 1. The summed E-state index contributed by atoms with van der Waals surface area (Å²) in [5, 5.41) is 3.18. The molecule has 0 heterocycles. The molecule has 0 spiro atoms. The quantitative estimate of drug-likeness (QED) is 0.801. The van der Waals surface area contributed by atoms with Gasteiger partial charge in [0, 0.05) is 25.1 Å². The Kier molecular flexibility index (Phi) is 4.62. The van der Waals surface area contributed by atoms with Crippen LogP contribution in [-0.4, -0.2) is 31.2 Å². The summed E-state index contributed by atoms with van der Waals surface area (Å²) in [6.07, 6.45) is 6.26. The van der Waals surface area contributed by atoms with Gasteiger partial charge in [0.2, 0.25) is 5.91 Å². The lowest BCUT2D eigenvalue weighted by molar-refractivity contribution is -0.127. The van der Waals surface area contributed by atoms with E-state index in [4.69, 9.17) is 10.5 Å². The second-order valence-electron chi connectivity index (χ2n) is 6.15. The van der Waals surface area contributed by atoms with Crippen LogP contribution >= 0.6 is 0 Å². The molecule has 0 aromatic carbocycles. The maximum Gasteiger partial charge on any atom is 0.223 e. The molecule has 0 aliphatic heterocycles. The summed E-state index contributed by atoms with van der Waals surface area (Å²) in [7, 11) is 1.75. The van der Waals surface area contributed by atoms with Crippen molar-refractivity contribution in [2.75, 3.05) is 7.11 Å². The molecule has 5 atom stereocenters. The van der Waals surface area contributed by atoms with E-state index in [9.17, 15) is 4.79 Å². The maximum absolute atomic E-state index is 12.2. The van der Waals surface area contributed by atoms with Crippen molar-refractivity contribution in [1.82, 2.24) is 5.32 Å². The zero-order chi connectivity index (χ0) is 13.1. The van der Waals surface area contributed by atoms with Crippen LogP contribution in [0.2, 0.25) is 0 Å². The molecular weight excluding hydrogens is 228 g/mol. The van der Waals surface area contributed by atoms with E-state index in [0.29, 0.717) is 18.1 Å². The van der Waals surface area contributed by atoms with Crippen LogP contribution < -0.4 is 11.1 Å². The number of hydrogen-bond donors (Lipinski definition) is 2. The Morgan fingerprint density at radius 1 is 1.22 bits per heavy atom. The normalized spacial score (nSPS) is 40.7. The fourth-order valence-electron chi connectivity index (χ4n) is 3.48. The molecule has 2 aliphatic carbocycles. The molecular formula is C14H26N2O2. The Hall–Kier alpha value is -0.610. The van der Waals surface area contributed by atoms with E-state index in [-0.39, 0.29) is 17.9 Å². The van der Waals surface area contributed by atoms with Gasteiger partial charge in [-0.05, 0) is 44.4 Å². The highest BCUT2D eigenvalue weighted by molar-refractivity contribution is 5.79. The van der Waals surface area contributed by atoms with Crippen molar-refractivity contribution in [2.45, 2.75) is 63.6 Å². The van der Waals surface area contributed by atoms with E-state index in [1.807, 2.05) is 0 Å². The van der Waals surface area contributed by atoms with Crippen LogP contribution in [-0.2, 0) is 9.53 Å². The SMILES string of the molecule is COC1CCC(NC(=O)C2CC(C)CC(N)C2)C1. The van der Waals surface area contributed by atoms with E-state index in [2.05, 4.69) is 12.2 Å². The molecule has 0 aromatic heterocycles. The van der Waals surface area contributed by atoms with Crippen LogP contribution in [0.15, 0.2) is 0 Å². The summed E-state index contributed by atoms with van der Waals surface area (Å²) in [4.78, 5) is 12.2. The average molecular weight is 254 g/mol. The Morgan fingerprint density at radius 3 is 2.61 bits per heavy atom. The predicted octanol–water partition coefficient (Wildman–Crippen LogP) is 1.43. The Balaban J connectivity index is 1.81. The molecule has 2 rings (SSSR count). The van der Waals surface area contributed by atoms with Crippen molar-refractivity contribution in [3.63, 3.8) is 0 Å².